The van der Waals surface area contributed by atoms with E-state index >= 15 is 0 Å². The van der Waals surface area contributed by atoms with Gasteiger partial charge in [0.2, 0.25) is 0 Å². The van der Waals surface area contributed by atoms with Crippen molar-refractivity contribution >= 4 is 22.4 Å². The minimum Gasteiger partial charge on any atom is -0.506 e. The molecule has 0 heterocycles. The molecule has 2 aromatic rings. The van der Waals surface area contributed by atoms with E-state index in [1.807, 2.05) is 6.07 Å². The topological polar surface area (TPSA) is 46.5 Å². The van der Waals surface area contributed by atoms with Crippen molar-refractivity contribution in [2.45, 2.75) is 13.8 Å². The molecule has 0 spiro atoms. The highest BCUT2D eigenvalue weighted by Gasteiger charge is 2.08. The van der Waals surface area contributed by atoms with Crippen molar-refractivity contribution in [2.75, 3.05) is 0 Å². The van der Waals surface area contributed by atoms with Crippen LogP contribution in [0.1, 0.15) is 11.1 Å². The first-order valence-corrected chi connectivity index (χ1v) is 6.56. The van der Waals surface area contributed by atoms with Gasteiger partial charge in [-0.3, -0.25) is 4.79 Å². The van der Waals surface area contributed by atoms with E-state index in [2.05, 4.69) is 20.7 Å². The van der Waals surface area contributed by atoms with Crippen LogP contribution in [0, 0.1) is 19.7 Å². The number of carbonyl (C=O) groups excluding carboxylic acids is 1. The quantitative estimate of drug-likeness (QED) is 0.836. The summed E-state index contributed by atoms with van der Waals surface area (Å²) in [5, 5.41) is 9.30. The van der Waals surface area contributed by atoms with Gasteiger partial charge in [-0.1, -0.05) is 18.2 Å². The van der Waals surface area contributed by atoms with Gasteiger partial charge in [-0.15, -0.1) is 0 Å². The van der Waals surface area contributed by atoms with Gasteiger partial charge in [-0.05, 0) is 59.1 Å². The van der Waals surface area contributed by atoms with E-state index in [9.17, 15) is 14.3 Å². The van der Waals surface area contributed by atoms with Crippen LogP contribution in [-0.4, -0.2) is 11.6 Å². The van der Waals surface area contributed by atoms with E-state index in [1.54, 1.807) is 38.1 Å². The SMILES string of the molecule is Cc1c(F)cc(Br)c(O)c1C.O=COc1ccccc1. The molecule has 2 rings (SSSR count). The number of carbonyl (C=O) groups is 1. The maximum atomic E-state index is 12.9. The van der Waals surface area contributed by atoms with Crippen molar-refractivity contribution in [2.24, 2.45) is 0 Å². The molecular weight excluding hydrogens is 327 g/mol. The molecule has 0 aliphatic carbocycles. The predicted octanol–water partition coefficient (Wildman–Crippen LogP) is 4.13. The summed E-state index contributed by atoms with van der Waals surface area (Å²) in [7, 11) is 0. The second-order valence-electron chi connectivity index (χ2n) is 3.97. The Balaban J connectivity index is 0.000000204. The third-order valence-electron chi connectivity index (χ3n) is 2.68. The Morgan fingerprint density at radius 3 is 2.35 bits per heavy atom. The highest BCUT2D eigenvalue weighted by molar-refractivity contribution is 9.10. The largest absolute Gasteiger partial charge is 0.506 e. The fourth-order valence-electron chi connectivity index (χ4n) is 1.38. The molecule has 5 heteroatoms. The van der Waals surface area contributed by atoms with Crippen LogP contribution < -0.4 is 4.74 Å². The van der Waals surface area contributed by atoms with Crippen molar-refractivity contribution in [3.05, 3.63) is 57.8 Å². The van der Waals surface area contributed by atoms with Crippen LogP contribution in [0.2, 0.25) is 0 Å². The summed E-state index contributed by atoms with van der Waals surface area (Å²) in [4.78, 5) is 9.75. The molecule has 20 heavy (non-hydrogen) atoms. The van der Waals surface area contributed by atoms with Crippen molar-refractivity contribution in [1.29, 1.82) is 0 Å². The molecule has 0 atom stereocenters. The lowest BCUT2D eigenvalue weighted by molar-refractivity contribution is -0.120. The number of hydrogen-bond acceptors (Lipinski definition) is 3. The Hall–Kier alpha value is -1.88. The molecule has 0 amide bonds. The van der Waals surface area contributed by atoms with Gasteiger partial charge in [0.25, 0.3) is 6.47 Å². The summed E-state index contributed by atoms with van der Waals surface area (Å²) >= 11 is 3.04. The molecule has 3 nitrogen and oxygen atoms in total. The van der Waals surface area contributed by atoms with Gasteiger partial charge in [-0.2, -0.15) is 0 Å². The Bertz CT molecular complexity index is 559. The molecule has 0 bridgehead atoms. The van der Waals surface area contributed by atoms with Crippen LogP contribution in [0.3, 0.4) is 0 Å². The summed E-state index contributed by atoms with van der Waals surface area (Å²) in [5.41, 5.74) is 1.07. The van der Waals surface area contributed by atoms with Gasteiger partial charge in [0.1, 0.15) is 17.3 Å². The molecule has 1 N–H and O–H groups in total. The molecule has 0 unspecified atom stereocenters. The maximum Gasteiger partial charge on any atom is 0.298 e. The maximum absolute atomic E-state index is 12.9. The lowest BCUT2D eigenvalue weighted by Crippen LogP contribution is -1.88. The first-order chi connectivity index (χ1) is 9.47. The number of para-hydroxylation sites is 1. The standard InChI is InChI=1S/C8H8BrFO.C7H6O2/c1-4-5(2)8(11)6(9)3-7(4)10;8-6-9-7-4-2-1-3-5-7/h3,11H,1-2H3;1-6H. The average Bonchev–Trinajstić information content (AvgIpc) is 2.45. The first kappa shape index (κ1) is 16.2. The van der Waals surface area contributed by atoms with Gasteiger partial charge < -0.3 is 9.84 Å². The molecular formula is C15H14BrFO3. The van der Waals surface area contributed by atoms with Gasteiger partial charge >= 0.3 is 0 Å². The third kappa shape index (κ3) is 4.35. The first-order valence-electron chi connectivity index (χ1n) is 5.77. The number of aromatic hydroxyl groups is 1. The molecule has 0 aliphatic rings. The highest BCUT2D eigenvalue weighted by atomic mass is 79.9. The van der Waals surface area contributed by atoms with Gasteiger partial charge in [-0.25, -0.2) is 4.39 Å². The highest BCUT2D eigenvalue weighted by Crippen LogP contribution is 2.31. The fraction of sp³-hybridized carbons (Fsp3) is 0.133. The van der Waals surface area contributed by atoms with Gasteiger partial charge in [0.05, 0.1) is 4.47 Å². The van der Waals surface area contributed by atoms with Crippen LogP contribution in [-0.2, 0) is 4.79 Å². The van der Waals surface area contributed by atoms with Crippen molar-refractivity contribution in [1.82, 2.24) is 0 Å². The van der Waals surface area contributed by atoms with Crippen molar-refractivity contribution < 1.29 is 19.0 Å². The summed E-state index contributed by atoms with van der Waals surface area (Å²) < 4.78 is 17.8. The van der Waals surface area contributed by atoms with Crippen molar-refractivity contribution in [3.8, 4) is 11.5 Å². The van der Waals surface area contributed by atoms with E-state index in [-0.39, 0.29) is 11.6 Å². The summed E-state index contributed by atoms with van der Waals surface area (Å²) in [6, 6.07) is 10.2. The Labute approximate surface area is 125 Å². The summed E-state index contributed by atoms with van der Waals surface area (Å²) in [5.74, 6) is 0.392. The minimum absolute atomic E-state index is 0.115. The van der Waals surface area contributed by atoms with Crippen molar-refractivity contribution in [3.63, 3.8) is 0 Å². The molecule has 0 saturated carbocycles. The zero-order valence-corrected chi connectivity index (χ0v) is 12.6. The average molecular weight is 341 g/mol. The second kappa shape index (κ2) is 7.65. The Morgan fingerprint density at radius 2 is 1.80 bits per heavy atom. The monoisotopic (exact) mass is 340 g/mol. The van der Waals surface area contributed by atoms with E-state index in [1.165, 1.54) is 6.07 Å². The van der Waals surface area contributed by atoms with E-state index < -0.39 is 0 Å². The minimum atomic E-state index is -0.299. The Kier molecular flexibility index (Phi) is 6.18. The van der Waals surface area contributed by atoms with E-state index in [0.717, 1.165) is 0 Å². The van der Waals surface area contributed by atoms with Crippen LogP contribution in [0.4, 0.5) is 4.39 Å². The normalized spacial score (nSPS) is 9.40. The molecule has 2 aromatic carbocycles. The summed E-state index contributed by atoms with van der Waals surface area (Å²) in [6.07, 6.45) is 0. The third-order valence-corrected chi connectivity index (χ3v) is 3.29. The molecule has 0 aromatic heterocycles. The Morgan fingerprint density at radius 1 is 1.20 bits per heavy atom. The van der Waals surface area contributed by atoms with Crippen LogP contribution in [0.15, 0.2) is 40.9 Å². The molecule has 0 fully saturated rings. The van der Waals surface area contributed by atoms with Crippen LogP contribution in [0.25, 0.3) is 0 Å². The lowest BCUT2D eigenvalue weighted by atomic mass is 10.1. The molecule has 0 saturated heterocycles. The second-order valence-corrected chi connectivity index (χ2v) is 4.82. The number of rotatable bonds is 2. The zero-order valence-electron chi connectivity index (χ0n) is 11.1. The number of phenolic OH excluding ortho intramolecular Hbond substituents is 1. The van der Waals surface area contributed by atoms with Gasteiger partial charge in [0.15, 0.2) is 0 Å². The van der Waals surface area contributed by atoms with Gasteiger partial charge in [0, 0.05) is 0 Å². The molecule has 0 radical (unpaired) electrons. The number of halogens is 2. The van der Waals surface area contributed by atoms with Crippen LogP contribution in [0.5, 0.6) is 11.5 Å². The predicted molar refractivity (Wildman–Crippen MR) is 78.4 cm³/mol. The number of benzene rings is 2. The van der Waals surface area contributed by atoms with E-state index in [4.69, 9.17) is 0 Å². The molecule has 106 valence electrons. The molecule has 0 aliphatic heterocycles. The number of phenols is 1. The zero-order chi connectivity index (χ0) is 15.1. The lowest BCUT2D eigenvalue weighted by Gasteiger charge is -2.05. The van der Waals surface area contributed by atoms with Crippen LogP contribution >= 0.6 is 15.9 Å². The number of ether oxygens (including phenoxy) is 1. The smallest absolute Gasteiger partial charge is 0.298 e. The van der Waals surface area contributed by atoms with E-state index in [0.29, 0.717) is 27.8 Å². The summed E-state index contributed by atoms with van der Waals surface area (Å²) in [6.45, 7) is 3.73. The number of hydrogen-bond donors (Lipinski definition) is 1. The fourth-order valence-corrected chi connectivity index (χ4v) is 1.88.